The lowest BCUT2D eigenvalue weighted by molar-refractivity contribution is -0.122. The number of rotatable bonds is 4. The minimum atomic E-state index is -2.47. The molecule has 0 saturated heterocycles. The molecule has 7 heteroatoms. The van der Waals surface area contributed by atoms with E-state index >= 15 is 0 Å². The Labute approximate surface area is 116 Å². The molecular formula is C13H20F2N4O. The first-order valence-corrected chi connectivity index (χ1v) is 6.79. The summed E-state index contributed by atoms with van der Waals surface area (Å²) in [6.07, 6.45) is 3.89. The van der Waals surface area contributed by atoms with Crippen LogP contribution in [0.25, 0.3) is 0 Å². The summed E-state index contributed by atoms with van der Waals surface area (Å²) in [5, 5.41) is 6.50. The molecule has 112 valence electrons. The summed E-state index contributed by atoms with van der Waals surface area (Å²) < 4.78 is 25.6. The molecular weight excluding hydrogens is 266 g/mol. The number of aromatic nitrogens is 2. The summed E-state index contributed by atoms with van der Waals surface area (Å²) >= 11 is 0. The van der Waals surface area contributed by atoms with Crippen molar-refractivity contribution in [1.82, 2.24) is 9.78 Å². The number of hydrogen-bond donors (Lipinski definition) is 2. The third kappa shape index (κ3) is 3.53. The predicted octanol–water partition coefficient (Wildman–Crippen LogP) is 1.99. The van der Waals surface area contributed by atoms with Gasteiger partial charge in [0.1, 0.15) is 6.54 Å². The molecule has 1 aromatic rings. The SMILES string of the molecule is CC1(N)CCCCC1C(=O)Nc1cnn(CC(F)F)c1. The fourth-order valence-corrected chi connectivity index (χ4v) is 2.69. The van der Waals surface area contributed by atoms with Crippen LogP contribution in [0.1, 0.15) is 32.6 Å². The highest BCUT2D eigenvalue weighted by atomic mass is 19.3. The van der Waals surface area contributed by atoms with Crippen LogP contribution in [0.4, 0.5) is 14.5 Å². The molecule has 1 aliphatic carbocycles. The van der Waals surface area contributed by atoms with E-state index in [1.807, 2.05) is 6.92 Å². The van der Waals surface area contributed by atoms with Crippen molar-refractivity contribution in [2.24, 2.45) is 11.7 Å². The molecule has 20 heavy (non-hydrogen) atoms. The van der Waals surface area contributed by atoms with Gasteiger partial charge in [-0.25, -0.2) is 8.78 Å². The second-order valence-corrected chi connectivity index (χ2v) is 5.64. The topological polar surface area (TPSA) is 72.9 Å². The van der Waals surface area contributed by atoms with Gasteiger partial charge in [-0.3, -0.25) is 9.48 Å². The standard InChI is InChI=1S/C13H20F2N4O/c1-13(16)5-3-2-4-10(13)12(20)18-9-6-17-19(7-9)8-11(14)15/h6-7,10-11H,2-5,8,16H2,1H3,(H,18,20). The van der Waals surface area contributed by atoms with Gasteiger partial charge in [-0.2, -0.15) is 5.10 Å². The number of nitrogens with one attached hydrogen (secondary N) is 1. The van der Waals surface area contributed by atoms with Crippen LogP contribution in [0.3, 0.4) is 0 Å². The minimum Gasteiger partial charge on any atom is -0.325 e. The number of anilines is 1. The van der Waals surface area contributed by atoms with Gasteiger partial charge in [0.2, 0.25) is 5.91 Å². The summed E-state index contributed by atoms with van der Waals surface area (Å²) in [5.74, 6) is -0.416. The number of hydrogen-bond acceptors (Lipinski definition) is 3. The highest BCUT2D eigenvalue weighted by Crippen LogP contribution is 2.32. The molecule has 0 bridgehead atoms. The average molecular weight is 286 g/mol. The fourth-order valence-electron chi connectivity index (χ4n) is 2.69. The van der Waals surface area contributed by atoms with Crippen LogP contribution in [-0.4, -0.2) is 27.7 Å². The maximum absolute atomic E-state index is 12.2. The number of amides is 1. The van der Waals surface area contributed by atoms with Crippen molar-refractivity contribution in [1.29, 1.82) is 0 Å². The molecule has 2 unspecified atom stereocenters. The van der Waals surface area contributed by atoms with E-state index in [1.165, 1.54) is 12.4 Å². The van der Waals surface area contributed by atoms with Crippen LogP contribution in [0.15, 0.2) is 12.4 Å². The maximum atomic E-state index is 12.2. The van der Waals surface area contributed by atoms with Crippen LogP contribution in [0, 0.1) is 5.92 Å². The molecule has 1 aliphatic rings. The lowest BCUT2D eigenvalue weighted by Gasteiger charge is -2.37. The fraction of sp³-hybridized carbons (Fsp3) is 0.692. The molecule has 0 radical (unpaired) electrons. The maximum Gasteiger partial charge on any atom is 0.257 e. The molecule has 1 aromatic heterocycles. The molecule has 0 spiro atoms. The van der Waals surface area contributed by atoms with Crippen LogP contribution in [0.5, 0.6) is 0 Å². The summed E-state index contributed by atoms with van der Waals surface area (Å²) in [4.78, 5) is 12.2. The monoisotopic (exact) mass is 286 g/mol. The second-order valence-electron chi connectivity index (χ2n) is 5.64. The number of carbonyl (C=O) groups excluding carboxylic acids is 1. The summed E-state index contributed by atoms with van der Waals surface area (Å²) in [7, 11) is 0. The summed E-state index contributed by atoms with van der Waals surface area (Å²) in [6, 6.07) is 0. The Hall–Kier alpha value is -1.50. The van der Waals surface area contributed by atoms with Crippen molar-refractivity contribution in [3.63, 3.8) is 0 Å². The van der Waals surface area contributed by atoms with Crippen LogP contribution in [-0.2, 0) is 11.3 Å². The predicted molar refractivity (Wildman–Crippen MR) is 71.4 cm³/mol. The van der Waals surface area contributed by atoms with E-state index in [0.29, 0.717) is 5.69 Å². The average Bonchev–Trinajstić information content (AvgIpc) is 2.74. The minimum absolute atomic E-state index is 0.161. The zero-order valence-corrected chi connectivity index (χ0v) is 11.5. The number of halogens is 2. The van der Waals surface area contributed by atoms with E-state index in [2.05, 4.69) is 10.4 Å². The molecule has 2 atom stereocenters. The lowest BCUT2D eigenvalue weighted by atomic mass is 9.74. The molecule has 5 nitrogen and oxygen atoms in total. The van der Waals surface area contributed by atoms with Gasteiger partial charge >= 0.3 is 0 Å². The first kappa shape index (κ1) is 14.9. The Morgan fingerprint density at radius 1 is 1.65 bits per heavy atom. The Kier molecular flexibility index (Phi) is 4.37. The van der Waals surface area contributed by atoms with Gasteiger partial charge in [-0.05, 0) is 19.8 Å². The Balaban J connectivity index is 1.98. The van der Waals surface area contributed by atoms with Gasteiger partial charge in [0, 0.05) is 11.7 Å². The van der Waals surface area contributed by atoms with E-state index in [4.69, 9.17) is 5.73 Å². The Bertz CT molecular complexity index is 473. The van der Waals surface area contributed by atoms with Crippen molar-refractivity contribution >= 4 is 11.6 Å². The normalized spacial score (nSPS) is 26.8. The molecule has 1 heterocycles. The van der Waals surface area contributed by atoms with Gasteiger partial charge < -0.3 is 11.1 Å². The number of carbonyl (C=O) groups is 1. The molecule has 3 N–H and O–H groups in total. The van der Waals surface area contributed by atoms with Gasteiger partial charge in [-0.1, -0.05) is 12.8 Å². The van der Waals surface area contributed by atoms with Crippen LogP contribution < -0.4 is 11.1 Å². The number of alkyl halides is 2. The largest absolute Gasteiger partial charge is 0.325 e. The highest BCUT2D eigenvalue weighted by molar-refractivity contribution is 5.93. The summed E-state index contributed by atoms with van der Waals surface area (Å²) in [5.41, 5.74) is 6.08. The third-order valence-corrected chi connectivity index (χ3v) is 3.80. The lowest BCUT2D eigenvalue weighted by Crippen LogP contribution is -2.51. The Morgan fingerprint density at radius 2 is 2.40 bits per heavy atom. The van der Waals surface area contributed by atoms with E-state index in [0.717, 1.165) is 30.4 Å². The van der Waals surface area contributed by atoms with Crippen LogP contribution in [0.2, 0.25) is 0 Å². The van der Waals surface area contributed by atoms with Crippen molar-refractivity contribution in [2.45, 2.75) is 51.1 Å². The molecule has 0 aromatic carbocycles. The first-order valence-electron chi connectivity index (χ1n) is 6.79. The van der Waals surface area contributed by atoms with Crippen molar-refractivity contribution in [2.75, 3.05) is 5.32 Å². The van der Waals surface area contributed by atoms with Crippen LogP contribution >= 0.6 is 0 Å². The van der Waals surface area contributed by atoms with E-state index < -0.39 is 18.5 Å². The highest BCUT2D eigenvalue weighted by Gasteiger charge is 2.37. The Morgan fingerprint density at radius 3 is 3.05 bits per heavy atom. The molecule has 2 rings (SSSR count). The van der Waals surface area contributed by atoms with Gasteiger partial charge in [0.05, 0.1) is 17.8 Å². The van der Waals surface area contributed by atoms with Gasteiger partial charge in [0.25, 0.3) is 6.43 Å². The number of nitrogens with zero attached hydrogens (tertiary/aromatic N) is 2. The smallest absolute Gasteiger partial charge is 0.257 e. The van der Waals surface area contributed by atoms with Crippen molar-refractivity contribution in [3.8, 4) is 0 Å². The zero-order chi connectivity index (χ0) is 14.8. The zero-order valence-electron chi connectivity index (χ0n) is 11.5. The van der Waals surface area contributed by atoms with Gasteiger partial charge in [0.15, 0.2) is 0 Å². The quantitative estimate of drug-likeness (QED) is 0.889. The molecule has 1 saturated carbocycles. The third-order valence-electron chi connectivity index (χ3n) is 3.80. The van der Waals surface area contributed by atoms with Crippen molar-refractivity contribution in [3.05, 3.63) is 12.4 Å². The van der Waals surface area contributed by atoms with Crippen molar-refractivity contribution < 1.29 is 13.6 Å². The number of nitrogens with two attached hydrogens (primary N) is 1. The van der Waals surface area contributed by atoms with E-state index in [-0.39, 0.29) is 11.8 Å². The summed E-state index contributed by atoms with van der Waals surface area (Å²) in [6.45, 7) is 1.41. The van der Waals surface area contributed by atoms with E-state index in [9.17, 15) is 13.6 Å². The first-order chi connectivity index (χ1) is 9.38. The molecule has 1 amide bonds. The molecule has 0 aliphatic heterocycles. The molecule has 1 fully saturated rings. The van der Waals surface area contributed by atoms with Gasteiger partial charge in [-0.15, -0.1) is 0 Å². The second kappa shape index (κ2) is 5.87. The van der Waals surface area contributed by atoms with E-state index in [1.54, 1.807) is 0 Å².